The van der Waals surface area contributed by atoms with Crippen molar-refractivity contribution in [3.05, 3.63) is 76.7 Å². The summed E-state index contributed by atoms with van der Waals surface area (Å²) in [6.07, 6.45) is 0. The average molecular weight is 396 g/mol. The summed E-state index contributed by atoms with van der Waals surface area (Å²) in [6.45, 7) is 2.33. The van der Waals surface area contributed by atoms with E-state index >= 15 is 0 Å². The SMILES string of the molecule is Cc1nc(NCc2ccc(Cl)cc2)cc(C(=O)Nc2ccc(N(C)C)cc2)n1. The van der Waals surface area contributed by atoms with Crippen molar-refractivity contribution in [3.63, 3.8) is 0 Å². The Hall–Kier alpha value is -3.12. The molecule has 0 fully saturated rings. The number of nitrogens with one attached hydrogen (secondary N) is 2. The van der Waals surface area contributed by atoms with Crippen molar-refractivity contribution in [2.24, 2.45) is 0 Å². The van der Waals surface area contributed by atoms with Crippen LogP contribution in [0.25, 0.3) is 0 Å². The molecule has 2 aromatic carbocycles. The molecule has 0 saturated carbocycles. The minimum absolute atomic E-state index is 0.280. The molecule has 0 radical (unpaired) electrons. The number of aromatic nitrogens is 2. The van der Waals surface area contributed by atoms with Crippen molar-refractivity contribution in [3.8, 4) is 0 Å². The highest BCUT2D eigenvalue weighted by atomic mass is 35.5. The van der Waals surface area contributed by atoms with Gasteiger partial charge in [0, 0.05) is 43.1 Å². The monoisotopic (exact) mass is 395 g/mol. The van der Waals surface area contributed by atoms with E-state index in [1.807, 2.05) is 67.5 Å². The summed E-state index contributed by atoms with van der Waals surface area (Å²) >= 11 is 5.91. The quantitative estimate of drug-likeness (QED) is 0.648. The highest BCUT2D eigenvalue weighted by Crippen LogP contribution is 2.17. The molecule has 7 heteroatoms. The Morgan fingerprint density at radius 3 is 2.36 bits per heavy atom. The van der Waals surface area contributed by atoms with Gasteiger partial charge in [-0.1, -0.05) is 23.7 Å². The van der Waals surface area contributed by atoms with Gasteiger partial charge in [0.25, 0.3) is 5.91 Å². The van der Waals surface area contributed by atoms with E-state index in [1.165, 1.54) is 0 Å². The Bertz CT molecular complexity index is 956. The Morgan fingerprint density at radius 1 is 1.04 bits per heavy atom. The summed E-state index contributed by atoms with van der Waals surface area (Å²) in [7, 11) is 3.94. The predicted octanol–water partition coefficient (Wildman–Crippen LogP) is 4.37. The number of benzene rings is 2. The van der Waals surface area contributed by atoms with Gasteiger partial charge in [0.05, 0.1) is 0 Å². The summed E-state index contributed by atoms with van der Waals surface area (Å²) < 4.78 is 0. The normalized spacial score (nSPS) is 10.4. The molecule has 2 N–H and O–H groups in total. The zero-order valence-electron chi connectivity index (χ0n) is 16.0. The van der Waals surface area contributed by atoms with Gasteiger partial charge < -0.3 is 15.5 Å². The minimum Gasteiger partial charge on any atom is -0.378 e. The number of carbonyl (C=O) groups excluding carboxylic acids is 1. The molecule has 0 atom stereocenters. The number of halogens is 1. The molecule has 0 saturated heterocycles. The van der Waals surface area contributed by atoms with E-state index < -0.39 is 0 Å². The maximum Gasteiger partial charge on any atom is 0.274 e. The second-order valence-electron chi connectivity index (χ2n) is 6.56. The van der Waals surface area contributed by atoms with E-state index in [0.29, 0.717) is 34.6 Å². The second-order valence-corrected chi connectivity index (χ2v) is 7.00. The van der Waals surface area contributed by atoms with E-state index in [9.17, 15) is 4.79 Å². The van der Waals surface area contributed by atoms with Gasteiger partial charge in [0.15, 0.2) is 0 Å². The summed E-state index contributed by atoms with van der Waals surface area (Å²) in [4.78, 5) is 23.2. The zero-order chi connectivity index (χ0) is 20.1. The lowest BCUT2D eigenvalue weighted by atomic mass is 10.2. The lowest BCUT2D eigenvalue weighted by Gasteiger charge is -2.13. The number of carbonyl (C=O) groups is 1. The highest BCUT2D eigenvalue weighted by molar-refractivity contribution is 6.30. The van der Waals surface area contributed by atoms with Crippen LogP contribution in [-0.2, 0) is 6.54 Å². The van der Waals surface area contributed by atoms with Crippen LogP contribution >= 0.6 is 11.6 Å². The highest BCUT2D eigenvalue weighted by Gasteiger charge is 2.11. The number of hydrogen-bond acceptors (Lipinski definition) is 5. The van der Waals surface area contributed by atoms with E-state index in [0.717, 1.165) is 11.3 Å². The van der Waals surface area contributed by atoms with E-state index in [4.69, 9.17) is 11.6 Å². The molecule has 0 aliphatic heterocycles. The molecule has 0 aliphatic carbocycles. The van der Waals surface area contributed by atoms with E-state index in [1.54, 1.807) is 13.0 Å². The van der Waals surface area contributed by atoms with Crippen LogP contribution in [0.1, 0.15) is 21.9 Å². The van der Waals surface area contributed by atoms with Crippen LogP contribution in [0.5, 0.6) is 0 Å². The Morgan fingerprint density at radius 2 is 1.71 bits per heavy atom. The maximum absolute atomic E-state index is 12.6. The first-order valence-electron chi connectivity index (χ1n) is 8.83. The van der Waals surface area contributed by atoms with Gasteiger partial charge in [-0.3, -0.25) is 4.79 Å². The predicted molar refractivity (Wildman–Crippen MR) is 114 cm³/mol. The fourth-order valence-electron chi connectivity index (χ4n) is 2.61. The van der Waals surface area contributed by atoms with Crippen LogP contribution in [0.3, 0.4) is 0 Å². The first-order chi connectivity index (χ1) is 13.4. The zero-order valence-corrected chi connectivity index (χ0v) is 16.8. The number of hydrogen-bond donors (Lipinski definition) is 2. The van der Waals surface area contributed by atoms with E-state index in [2.05, 4.69) is 20.6 Å². The van der Waals surface area contributed by atoms with Crippen LogP contribution in [-0.4, -0.2) is 30.0 Å². The topological polar surface area (TPSA) is 70.2 Å². The average Bonchev–Trinajstić information content (AvgIpc) is 2.67. The van der Waals surface area contributed by atoms with Gasteiger partial charge in [-0.05, 0) is 48.9 Å². The molecule has 0 spiro atoms. The Balaban J connectivity index is 1.69. The molecule has 1 aromatic heterocycles. The van der Waals surface area contributed by atoms with Crippen molar-refractivity contribution in [1.82, 2.24) is 9.97 Å². The van der Waals surface area contributed by atoms with Crippen molar-refractivity contribution < 1.29 is 4.79 Å². The second kappa shape index (κ2) is 8.71. The van der Waals surface area contributed by atoms with Gasteiger partial charge in [0.1, 0.15) is 17.3 Å². The third kappa shape index (κ3) is 5.20. The van der Waals surface area contributed by atoms with Crippen LogP contribution in [0, 0.1) is 6.92 Å². The summed E-state index contributed by atoms with van der Waals surface area (Å²) in [6, 6.07) is 16.8. The first kappa shape index (κ1) is 19.6. The van der Waals surface area contributed by atoms with Crippen LogP contribution < -0.4 is 15.5 Å². The molecule has 3 aromatic rings. The van der Waals surface area contributed by atoms with Gasteiger partial charge in [0.2, 0.25) is 0 Å². The molecular weight excluding hydrogens is 374 g/mol. The van der Waals surface area contributed by atoms with Crippen molar-refractivity contribution in [2.45, 2.75) is 13.5 Å². The number of anilines is 3. The largest absolute Gasteiger partial charge is 0.378 e. The molecule has 28 heavy (non-hydrogen) atoms. The Labute approximate surface area is 169 Å². The third-order valence-corrected chi connectivity index (χ3v) is 4.35. The molecule has 0 bridgehead atoms. The van der Waals surface area contributed by atoms with Crippen molar-refractivity contribution in [1.29, 1.82) is 0 Å². The molecule has 1 heterocycles. The number of aryl methyl sites for hydroxylation is 1. The van der Waals surface area contributed by atoms with Crippen LogP contribution in [0.4, 0.5) is 17.2 Å². The summed E-state index contributed by atoms with van der Waals surface area (Å²) in [5.41, 5.74) is 3.14. The molecular formula is C21H22ClN5O. The number of amides is 1. The molecule has 0 unspecified atom stereocenters. The summed E-state index contributed by atoms with van der Waals surface area (Å²) in [5.74, 6) is 0.836. The number of rotatable bonds is 6. The fourth-order valence-corrected chi connectivity index (χ4v) is 2.73. The Kier molecular flexibility index (Phi) is 6.11. The fraction of sp³-hybridized carbons (Fsp3) is 0.190. The van der Waals surface area contributed by atoms with Gasteiger partial charge in [-0.2, -0.15) is 0 Å². The lowest BCUT2D eigenvalue weighted by molar-refractivity contribution is 0.102. The van der Waals surface area contributed by atoms with Crippen LogP contribution in [0.2, 0.25) is 5.02 Å². The minimum atomic E-state index is -0.280. The molecule has 0 aliphatic rings. The number of nitrogens with zero attached hydrogens (tertiary/aromatic N) is 3. The molecule has 1 amide bonds. The van der Waals surface area contributed by atoms with Gasteiger partial charge in [-0.15, -0.1) is 0 Å². The van der Waals surface area contributed by atoms with Crippen molar-refractivity contribution in [2.75, 3.05) is 29.6 Å². The van der Waals surface area contributed by atoms with Crippen LogP contribution in [0.15, 0.2) is 54.6 Å². The first-order valence-corrected chi connectivity index (χ1v) is 9.21. The van der Waals surface area contributed by atoms with E-state index in [-0.39, 0.29) is 5.91 Å². The molecule has 6 nitrogen and oxygen atoms in total. The van der Waals surface area contributed by atoms with Gasteiger partial charge >= 0.3 is 0 Å². The maximum atomic E-state index is 12.6. The van der Waals surface area contributed by atoms with Gasteiger partial charge in [-0.25, -0.2) is 9.97 Å². The molecule has 3 rings (SSSR count). The smallest absolute Gasteiger partial charge is 0.274 e. The van der Waals surface area contributed by atoms with Crippen molar-refractivity contribution >= 4 is 34.7 Å². The summed E-state index contributed by atoms with van der Waals surface area (Å²) in [5, 5.41) is 6.78. The lowest BCUT2D eigenvalue weighted by Crippen LogP contribution is -2.16. The molecule has 144 valence electrons. The third-order valence-electron chi connectivity index (χ3n) is 4.10. The standard InChI is InChI=1S/C21H22ClN5O/c1-14-24-19(21(28)26-17-8-10-18(11-9-17)27(2)3)12-20(25-14)23-13-15-4-6-16(22)7-5-15/h4-12H,13H2,1-3H3,(H,26,28)(H,23,24,25).